The number of carbonyl (C=O) groups excluding carboxylic acids is 1. The maximum atomic E-state index is 12.8. The first-order chi connectivity index (χ1) is 14.4. The number of rotatable bonds is 6. The highest BCUT2D eigenvalue weighted by molar-refractivity contribution is 7.17. The molecule has 2 aromatic heterocycles. The van der Waals surface area contributed by atoms with Crippen LogP contribution < -0.4 is 5.32 Å². The number of hydrogen-bond acceptors (Lipinski definition) is 6. The number of allylic oxidation sites excluding steroid dienone is 6. The van der Waals surface area contributed by atoms with Gasteiger partial charge in [-0.25, -0.2) is 9.97 Å². The number of thiophene rings is 1. The van der Waals surface area contributed by atoms with Gasteiger partial charge in [-0.05, 0) is 49.4 Å². The van der Waals surface area contributed by atoms with Crippen LogP contribution in [-0.2, 0) is 4.79 Å². The zero-order valence-corrected chi connectivity index (χ0v) is 19.0. The Labute approximate surface area is 185 Å². The number of nitrogens with zero attached hydrogens (tertiary/aromatic N) is 4. The van der Waals surface area contributed by atoms with Crippen LogP contribution in [0.1, 0.15) is 32.9 Å². The summed E-state index contributed by atoms with van der Waals surface area (Å²) in [5, 5.41) is 11.9. The molecule has 0 radical (unpaired) electrons. The SMILES string of the molecule is C=C(/C=C\C(Cl)=C/C)C1=C(C(=O)NC)N(C(C)C)N=C(c2ncnc3ccsc23)C1. The summed E-state index contributed by atoms with van der Waals surface area (Å²) in [6.07, 6.45) is 7.35. The molecule has 0 saturated heterocycles. The smallest absolute Gasteiger partial charge is 0.269 e. The lowest BCUT2D eigenvalue weighted by molar-refractivity contribution is -0.118. The summed E-state index contributed by atoms with van der Waals surface area (Å²) in [4.78, 5) is 21.6. The van der Waals surface area contributed by atoms with Gasteiger partial charge in [0.25, 0.3) is 5.91 Å². The first-order valence-corrected chi connectivity index (χ1v) is 10.8. The molecule has 1 amide bonds. The van der Waals surface area contributed by atoms with E-state index in [0.29, 0.717) is 22.7 Å². The molecule has 0 fully saturated rings. The van der Waals surface area contributed by atoms with E-state index in [-0.39, 0.29) is 11.9 Å². The molecular formula is C22H24ClN5OS. The Kier molecular flexibility index (Phi) is 6.84. The molecule has 6 nitrogen and oxygen atoms in total. The van der Waals surface area contributed by atoms with Crippen molar-refractivity contribution < 1.29 is 4.79 Å². The monoisotopic (exact) mass is 441 g/mol. The summed E-state index contributed by atoms with van der Waals surface area (Å²) < 4.78 is 0.973. The Bertz CT molecular complexity index is 1110. The molecule has 2 aromatic rings. The third kappa shape index (κ3) is 4.37. The molecule has 0 atom stereocenters. The Balaban J connectivity index is 2.14. The maximum Gasteiger partial charge on any atom is 0.269 e. The molecule has 8 heteroatoms. The molecule has 30 heavy (non-hydrogen) atoms. The second kappa shape index (κ2) is 9.36. The number of hydrogen-bond donors (Lipinski definition) is 1. The minimum atomic E-state index is -0.211. The van der Waals surface area contributed by atoms with Crippen molar-refractivity contribution in [3.05, 3.63) is 70.2 Å². The molecule has 1 N–H and O–H groups in total. The number of likely N-dealkylation sites (N-methyl/N-ethyl adjacent to an activating group) is 1. The first kappa shape index (κ1) is 21.9. The molecule has 0 aliphatic carbocycles. The Morgan fingerprint density at radius 1 is 1.37 bits per heavy atom. The lowest BCUT2D eigenvalue weighted by atomic mass is 9.94. The number of hydrazone groups is 1. The number of nitrogens with one attached hydrogen (secondary N) is 1. The highest BCUT2D eigenvalue weighted by Gasteiger charge is 2.31. The van der Waals surface area contributed by atoms with Gasteiger partial charge in [-0.15, -0.1) is 11.3 Å². The van der Waals surface area contributed by atoms with E-state index in [4.69, 9.17) is 16.7 Å². The molecule has 1 aliphatic heterocycles. The van der Waals surface area contributed by atoms with Gasteiger partial charge in [0, 0.05) is 24.5 Å². The van der Waals surface area contributed by atoms with Crippen LogP contribution in [0, 0.1) is 0 Å². The van der Waals surface area contributed by atoms with E-state index in [1.165, 1.54) is 0 Å². The van der Waals surface area contributed by atoms with Gasteiger partial charge >= 0.3 is 0 Å². The summed E-state index contributed by atoms with van der Waals surface area (Å²) in [5.74, 6) is -0.211. The Morgan fingerprint density at radius 3 is 2.80 bits per heavy atom. The summed E-state index contributed by atoms with van der Waals surface area (Å²) >= 11 is 7.69. The topological polar surface area (TPSA) is 70.5 Å². The largest absolute Gasteiger partial charge is 0.354 e. The van der Waals surface area contributed by atoms with Crippen molar-refractivity contribution >= 4 is 44.8 Å². The lowest BCUT2D eigenvalue weighted by Crippen LogP contribution is -2.39. The zero-order valence-electron chi connectivity index (χ0n) is 17.4. The first-order valence-electron chi connectivity index (χ1n) is 9.57. The quantitative estimate of drug-likeness (QED) is 0.656. The lowest BCUT2D eigenvalue weighted by Gasteiger charge is -2.32. The van der Waals surface area contributed by atoms with Gasteiger partial charge in [0.2, 0.25) is 0 Å². The van der Waals surface area contributed by atoms with E-state index in [1.807, 2.05) is 38.3 Å². The molecule has 0 spiro atoms. The standard InChI is InChI=1S/C22H24ClN5OS/c1-6-15(23)8-7-14(4)16-11-18(19-21-17(9-10-30-21)25-12-26-19)27-28(13(2)3)20(16)22(29)24-5/h6-10,12-13H,4,11H2,1-3,5H3,(H,24,29)/b8-7-,15-6+. The molecule has 0 bridgehead atoms. The predicted octanol–water partition coefficient (Wildman–Crippen LogP) is 4.76. The molecular weight excluding hydrogens is 418 g/mol. The number of aromatic nitrogens is 2. The van der Waals surface area contributed by atoms with Crippen LogP contribution in [0.3, 0.4) is 0 Å². The fourth-order valence-corrected chi connectivity index (χ4v) is 4.03. The average molecular weight is 442 g/mol. The zero-order chi connectivity index (χ0) is 21.8. The summed E-state index contributed by atoms with van der Waals surface area (Å²) in [5.41, 5.74) is 4.39. The van der Waals surface area contributed by atoms with E-state index in [2.05, 4.69) is 21.9 Å². The highest BCUT2D eigenvalue weighted by Crippen LogP contribution is 2.32. The van der Waals surface area contributed by atoms with Gasteiger partial charge in [0.15, 0.2) is 0 Å². The fourth-order valence-electron chi connectivity index (χ4n) is 3.11. The normalized spacial score (nSPS) is 15.3. The molecule has 0 unspecified atom stereocenters. The van der Waals surface area contributed by atoms with E-state index >= 15 is 0 Å². The van der Waals surface area contributed by atoms with Gasteiger partial charge in [0.1, 0.15) is 17.7 Å². The van der Waals surface area contributed by atoms with E-state index in [0.717, 1.165) is 27.2 Å². The van der Waals surface area contributed by atoms with Crippen LogP contribution in [0.4, 0.5) is 0 Å². The van der Waals surface area contributed by atoms with Crippen molar-refractivity contribution in [3.63, 3.8) is 0 Å². The third-order valence-corrected chi connectivity index (χ3v) is 5.90. The van der Waals surface area contributed by atoms with Gasteiger partial charge in [0.05, 0.1) is 15.9 Å². The number of fused-ring (bicyclic) bond motifs is 1. The van der Waals surface area contributed by atoms with Crippen LogP contribution >= 0.6 is 22.9 Å². The van der Waals surface area contributed by atoms with Gasteiger partial charge in [-0.2, -0.15) is 5.10 Å². The van der Waals surface area contributed by atoms with Gasteiger partial charge < -0.3 is 5.32 Å². The van der Waals surface area contributed by atoms with Crippen LogP contribution in [0.5, 0.6) is 0 Å². The molecule has 1 aliphatic rings. The molecule has 3 heterocycles. The van der Waals surface area contributed by atoms with Crippen molar-refractivity contribution in [2.75, 3.05) is 7.05 Å². The van der Waals surface area contributed by atoms with E-state index in [9.17, 15) is 4.79 Å². The summed E-state index contributed by atoms with van der Waals surface area (Å²) in [6, 6.07) is 1.92. The minimum Gasteiger partial charge on any atom is -0.354 e. The minimum absolute atomic E-state index is 0.0424. The Hall–Kier alpha value is -2.77. The molecule has 0 saturated carbocycles. The molecule has 0 aromatic carbocycles. The van der Waals surface area contributed by atoms with Crippen LogP contribution in [-0.4, -0.2) is 39.7 Å². The van der Waals surface area contributed by atoms with Crippen LogP contribution in [0.2, 0.25) is 0 Å². The number of carbonyl (C=O) groups is 1. The van der Waals surface area contributed by atoms with Crippen LogP contribution in [0.25, 0.3) is 10.2 Å². The van der Waals surface area contributed by atoms with Crippen molar-refractivity contribution in [2.24, 2.45) is 5.10 Å². The highest BCUT2D eigenvalue weighted by atomic mass is 35.5. The van der Waals surface area contributed by atoms with Crippen molar-refractivity contribution in [2.45, 2.75) is 33.2 Å². The predicted molar refractivity (Wildman–Crippen MR) is 125 cm³/mol. The van der Waals surface area contributed by atoms with Gasteiger partial charge in [-0.3, -0.25) is 9.80 Å². The van der Waals surface area contributed by atoms with Crippen molar-refractivity contribution in [1.29, 1.82) is 0 Å². The molecule has 3 rings (SSSR count). The third-order valence-electron chi connectivity index (χ3n) is 4.64. The fraction of sp³-hybridized carbons (Fsp3) is 0.273. The van der Waals surface area contributed by atoms with Gasteiger partial charge in [-0.1, -0.05) is 30.3 Å². The number of amides is 1. The van der Waals surface area contributed by atoms with Crippen molar-refractivity contribution in [1.82, 2.24) is 20.3 Å². The number of halogens is 1. The van der Waals surface area contributed by atoms with Crippen molar-refractivity contribution in [3.8, 4) is 0 Å². The van der Waals surface area contributed by atoms with E-state index in [1.54, 1.807) is 41.9 Å². The second-order valence-electron chi connectivity index (χ2n) is 6.96. The van der Waals surface area contributed by atoms with Crippen LogP contribution in [0.15, 0.2) is 69.6 Å². The summed E-state index contributed by atoms with van der Waals surface area (Å²) in [6.45, 7) is 10.0. The molecule has 156 valence electrons. The average Bonchev–Trinajstić information content (AvgIpc) is 3.24. The second-order valence-corrected chi connectivity index (χ2v) is 8.31. The summed E-state index contributed by atoms with van der Waals surface area (Å²) in [7, 11) is 1.61. The Morgan fingerprint density at radius 2 is 2.13 bits per heavy atom. The maximum absolute atomic E-state index is 12.8. The van der Waals surface area contributed by atoms with E-state index < -0.39 is 0 Å².